The third-order valence-corrected chi connectivity index (χ3v) is 6.56. The molecule has 21 heavy (non-hydrogen) atoms. The zero-order chi connectivity index (χ0) is 15.6. The molecule has 4 nitrogen and oxygen atoms in total. The first-order valence-electron chi connectivity index (χ1n) is 6.65. The minimum absolute atomic E-state index is 0.0301. The van der Waals surface area contributed by atoms with E-state index in [2.05, 4.69) is 0 Å². The highest BCUT2D eigenvalue weighted by Crippen LogP contribution is 2.30. The summed E-state index contributed by atoms with van der Waals surface area (Å²) in [6.07, 6.45) is -0.748. The van der Waals surface area contributed by atoms with Gasteiger partial charge < -0.3 is 5.11 Å². The highest BCUT2D eigenvalue weighted by molar-refractivity contribution is 7.94. The standard InChI is InChI=1S/C15H19NO3S2/c1-11-9-15(20-13(11)3)21(18,19)16(10-12(2)17)14-7-5-4-6-8-14/h4-9,12,17H,10H2,1-3H3/t12-/m1/s1. The first-order valence-corrected chi connectivity index (χ1v) is 8.91. The van der Waals surface area contributed by atoms with Gasteiger partial charge in [-0.25, -0.2) is 8.42 Å². The topological polar surface area (TPSA) is 57.6 Å². The molecular formula is C15H19NO3S2. The molecule has 0 aliphatic rings. The van der Waals surface area contributed by atoms with E-state index in [0.717, 1.165) is 10.4 Å². The Morgan fingerprint density at radius 1 is 1.24 bits per heavy atom. The molecule has 0 saturated heterocycles. The van der Waals surface area contributed by atoms with Crippen LogP contribution in [0.3, 0.4) is 0 Å². The number of rotatable bonds is 5. The summed E-state index contributed by atoms with van der Waals surface area (Å²) in [5.74, 6) is 0. The quantitative estimate of drug-likeness (QED) is 0.919. The van der Waals surface area contributed by atoms with E-state index in [1.165, 1.54) is 15.6 Å². The van der Waals surface area contributed by atoms with Crippen LogP contribution in [0, 0.1) is 13.8 Å². The fourth-order valence-corrected chi connectivity index (χ4v) is 5.13. The molecule has 0 fully saturated rings. The van der Waals surface area contributed by atoms with Gasteiger partial charge in [-0.15, -0.1) is 11.3 Å². The lowest BCUT2D eigenvalue weighted by molar-refractivity contribution is 0.204. The molecule has 1 atom stereocenters. The fourth-order valence-electron chi connectivity index (χ4n) is 1.95. The summed E-state index contributed by atoms with van der Waals surface area (Å²) in [4.78, 5) is 0.985. The molecule has 0 bridgehead atoms. The Balaban J connectivity index is 2.49. The number of hydrogen-bond donors (Lipinski definition) is 1. The summed E-state index contributed by atoms with van der Waals surface area (Å²) < 4.78 is 27.3. The predicted octanol–water partition coefficient (Wildman–Crippen LogP) is 2.94. The zero-order valence-electron chi connectivity index (χ0n) is 12.3. The van der Waals surface area contributed by atoms with Crippen LogP contribution in [0.2, 0.25) is 0 Å². The monoisotopic (exact) mass is 325 g/mol. The SMILES string of the molecule is Cc1cc(S(=O)(=O)N(C[C@@H](C)O)c2ccccc2)sc1C. The molecule has 0 spiro atoms. The molecule has 114 valence electrons. The second-order valence-electron chi connectivity index (χ2n) is 5.03. The van der Waals surface area contributed by atoms with Crippen LogP contribution in [0.5, 0.6) is 0 Å². The third kappa shape index (κ3) is 3.45. The van der Waals surface area contributed by atoms with Crippen molar-refractivity contribution in [2.24, 2.45) is 0 Å². The van der Waals surface area contributed by atoms with Crippen LogP contribution in [0.25, 0.3) is 0 Å². The Kier molecular flexibility index (Phi) is 4.70. The van der Waals surface area contributed by atoms with Gasteiger partial charge in [-0.2, -0.15) is 0 Å². The lowest BCUT2D eigenvalue weighted by atomic mass is 10.3. The molecule has 1 aromatic carbocycles. The van der Waals surface area contributed by atoms with E-state index < -0.39 is 16.1 Å². The van der Waals surface area contributed by atoms with E-state index in [9.17, 15) is 13.5 Å². The van der Waals surface area contributed by atoms with Gasteiger partial charge in [0.25, 0.3) is 10.0 Å². The summed E-state index contributed by atoms with van der Waals surface area (Å²) in [6.45, 7) is 5.41. The number of sulfonamides is 1. The van der Waals surface area contributed by atoms with E-state index in [1.807, 2.05) is 19.9 Å². The van der Waals surface area contributed by atoms with E-state index >= 15 is 0 Å². The number of nitrogens with zero attached hydrogens (tertiary/aromatic N) is 1. The molecule has 2 rings (SSSR count). The summed E-state index contributed by atoms with van der Waals surface area (Å²) in [6, 6.07) is 10.5. The molecule has 0 aliphatic heterocycles. The molecule has 1 aromatic heterocycles. The van der Waals surface area contributed by atoms with Crippen LogP contribution in [-0.4, -0.2) is 26.2 Å². The number of aliphatic hydroxyl groups excluding tert-OH is 1. The fraction of sp³-hybridized carbons (Fsp3) is 0.333. The lowest BCUT2D eigenvalue weighted by Crippen LogP contribution is -2.36. The van der Waals surface area contributed by atoms with Gasteiger partial charge in [0.2, 0.25) is 0 Å². The molecule has 2 aromatic rings. The van der Waals surface area contributed by atoms with Gasteiger partial charge >= 0.3 is 0 Å². The van der Waals surface area contributed by atoms with Crippen LogP contribution < -0.4 is 4.31 Å². The molecule has 0 amide bonds. The smallest absolute Gasteiger partial charge is 0.273 e. The maximum atomic E-state index is 12.9. The number of benzene rings is 1. The van der Waals surface area contributed by atoms with E-state index in [4.69, 9.17) is 0 Å². The number of para-hydroxylation sites is 1. The van der Waals surface area contributed by atoms with Gasteiger partial charge in [-0.1, -0.05) is 18.2 Å². The van der Waals surface area contributed by atoms with Crippen LogP contribution in [0.4, 0.5) is 5.69 Å². The molecule has 6 heteroatoms. The van der Waals surface area contributed by atoms with Gasteiger partial charge in [0.1, 0.15) is 4.21 Å². The normalized spacial score (nSPS) is 13.1. The largest absolute Gasteiger partial charge is 0.392 e. The Labute approximate surface area is 129 Å². The van der Waals surface area contributed by atoms with Crippen LogP contribution in [0.15, 0.2) is 40.6 Å². The molecule has 0 radical (unpaired) electrons. The number of anilines is 1. The minimum Gasteiger partial charge on any atom is -0.392 e. The maximum Gasteiger partial charge on any atom is 0.273 e. The lowest BCUT2D eigenvalue weighted by Gasteiger charge is -2.25. The van der Waals surface area contributed by atoms with Crippen molar-refractivity contribution in [3.05, 3.63) is 46.8 Å². The average Bonchev–Trinajstić information content (AvgIpc) is 2.77. The van der Waals surface area contributed by atoms with E-state index in [1.54, 1.807) is 37.3 Å². The van der Waals surface area contributed by atoms with Gasteiger partial charge in [-0.05, 0) is 44.5 Å². The zero-order valence-corrected chi connectivity index (χ0v) is 13.9. The number of thiophene rings is 1. The van der Waals surface area contributed by atoms with Crippen molar-refractivity contribution in [2.45, 2.75) is 31.1 Å². The predicted molar refractivity (Wildman–Crippen MR) is 86.4 cm³/mol. The molecule has 0 aliphatic carbocycles. The molecule has 0 saturated carbocycles. The molecule has 0 unspecified atom stereocenters. The molecule has 1 N–H and O–H groups in total. The summed E-state index contributed by atoms with van der Waals surface area (Å²) in [7, 11) is -3.66. The number of hydrogen-bond acceptors (Lipinski definition) is 4. The van der Waals surface area contributed by atoms with Crippen molar-refractivity contribution in [3.63, 3.8) is 0 Å². The highest BCUT2D eigenvalue weighted by atomic mass is 32.2. The van der Waals surface area contributed by atoms with Crippen molar-refractivity contribution in [1.82, 2.24) is 0 Å². The summed E-state index contributed by atoms with van der Waals surface area (Å²) in [5.41, 5.74) is 1.52. The van der Waals surface area contributed by atoms with Crippen molar-refractivity contribution in [3.8, 4) is 0 Å². The Morgan fingerprint density at radius 2 is 1.86 bits per heavy atom. The van der Waals surface area contributed by atoms with Crippen molar-refractivity contribution in [2.75, 3.05) is 10.8 Å². The molecular weight excluding hydrogens is 306 g/mol. The highest BCUT2D eigenvalue weighted by Gasteiger charge is 2.28. The van der Waals surface area contributed by atoms with Gasteiger partial charge in [0, 0.05) is 4.88 Å². The van der Waals surface area contributed by atoms with Crippen LogP contribution in [0.1, 0.15) is 17.4 Å². The second kappa shape index (κ2) is 6.17. The summed E-state index contributed by atoms with van der Waals surface area (Å²) in [5, 5.41) is 9.65. The van der Waals surface area contributed by atoms with Gasteiger partial charge in [0.05, 0.1) is 18.3 Å². The molecule has 1 heterocycles. The van der Waals surface area contributed by atoms with Crippen molar-refractivity contribution < 1.29 is 13.5 Å². The van der Waals surface area contributed by atoms with E-state index in [0.29, 0.717) is 9.90 Å². The first kappa shape index (κ1) is 16.0. The number of aliphatic hydroxyl groups is 1. The van der Waals surface area contributed by atoms with Crippen LogP contribution >= 0.6 is 11.3 Å². The van der Waals surface area contributed by atoms with Crippen molar-refractivity contribution in [1.29, 1.82) is 0 Å². The van der Waals surface area contributed by atoms with Gasteiger partial charge in [-0.3, -0.25) is 4.31 Å². The maximum absolute atomic E-state index is 12.9. The Hall–Kier alpha value is -1.37. The Morgan fingerprint density at radius 3 is 2.33 bits per heavy atom. The second-order valence-corrected chi connectivity index (χ2v) is 8.37. The Bertz CT molecular complexity index is 686. The minimum atomic E-state index is -3.66. The van der Waals surface area contributed by atoms with E-state index in [-0.39, 0.29) is 6.54 Å². The third-order valence-electron chi connectivity index (χ3n) is 3.16. The summed E-state index contributed by atoms with van der Waals surface area (Å²) >= 11 is 1.26. The van der Waals surface area contributed by atoms with Gasteiger partial charge in [0.15, 0.2) is 0 Å². The van der Waals surface area contributed by atoms with Crippen LogP contribution in [-0.2, 0) is 10.0 Å². The first-order chi connectivity index (χ1) is 9.82. The number of aryl methyl sites for hydroxylation is 2. The van der Waals surface area contributed by atoms with Crippen molar-refractivity contribution >= 4 is 27.0 Å². The average molecular weight is 325 g/mol.